The SMILES string of the molecule is CC1CCCN(c2nccc(Nc3cc4c(C(C)C)cnc(N5CCC5)c4cn3)n2)C1.CN(C)C. The molecule has 1 unspecified atom stereocenters. The van der Waals surface area contributed by atoms with Crippen LogP contribution in [0.1, 0.15) is 51.5 Å². The van der Waals surface area contributed by atoms with Crippen molar-refractivity contribution in [2.24, 2.45) is 5.92 Å². The van der Waals surface area contributed by atoms with Gasteiger partial charge in [0.2, 0.25) is 5.95 Å². The number of hydrogen-bond donors (Lipinski definition) is 1. The van der Waals surface area contributed by atoms with E-state index < -0.39 is 0 Å². The monoisotopic (exact) mass is 476 g/mol. The number of pyridine rings is 2. The van der Waals surface area contributed by atoms with Crippen molar-refractivity contribution in [1.29, 1.82) is 0 Å². The second-order valence-corrected chi connectivity index (χ2v) is 10.5. The summed E-state index contributed by atoms with van der Waals surface area (Å²) in [6, 6.07) is 4.05. The Morgan fingerprint density at radius 2 is 1.69 bits per heavy atom. The predicted molar refractivity (Wildman–Crippen MR) is 146 cm³/mol. The van der Waals surface area contributed by atoms with Crippen LogP contribution < -0.4 is 15.1 Å². The molecular weight excluding hydrogens is 436 g/mol. The van der Waals surface area contributed by atoms with Gasteiger partial charge in [-0.15, -0.1) is 0 Å². The van der Waals surface area contributed by atoms with E-state index >= 15 is 0 Å². The van der Waals surface area contributed by atoms with Crippen LogP contribution in [0.3, 0.4) is 0 Å². The van der Waals surface area contributed by atoms with Crippen LogP contribution in [0.25, 0.3) is 10.8 Å². The Balaban J connectivity index is 0.000000672. The van der Waals surface area contributed by atoms with Gasteiger partial charge in [0.25, 0.3) is 0 Å². The number of nitrogens with zero attached hydrogens (tertiary/aromatic N) is 7. The Bertz CT molecular complexity index is 1120. The van der Waals surface area contributed by atoms with Gasteiger partial charge in [0.05, 0.1) is 0 Å². The van der Waals surface area contributed by atoms with Crippen molar-refractivity contribution in [3.8, 4) is 0 Å². The summed E-state index contributed by atoms with van der Waals surface area (Å²) in [5.41, 5.74) is 1.25. The van der Waals surface area contributed by atoms with Gasteiger partial charge in [0.1, 0.15) is 17.5 Å². The standard InChI is InChI=1S/C24H31N7.C3H9N/c1-16(2)19-13-27-23(30-10-5-11-30)20-14-26-22(12-18(19)20)28-21-7-8-25-24(29-21)31-9-4-6-17(3)15-31;1-4(2)3/h7-8,12-14,16-17H,4-6,9-11,15H2,1-3H3,(H,25,26,28,29);1-3H3. The molecule has 2 fully saturated rings. The summed E-state index contributed by atoms with van der Waals surface area (Å²) in [6.07, 6.45) is 9.52. The van der Waals surface area contributed by atoms with E-state index in [-0.39, 0.29) is 0 Å². The average Bonchev–Trinajstić information content (AvgIpc) is 2.77. The van der Waals surface area contributed by atoms with Crippen LogP contribution >= 0.6 is 0 Å². The summed E-state index contributed by atoms with van der Waals surface area (Å²) in [5, 5.41) is 5.75. The number of hydrogen-bond acceptors (Lipinski definition) is 8. The van der Waals surface area contributed by atoms with Crippen LogP contribution in [0.4, 0.5) is 23.4 Å². The largest absolute Gasteiger partial charge is 0.356 e. The molecule has 188 valence electrons. The molecule has 0 bridgehead atoms. The summed E-state index contributed by atoms with van der Waals surface area (Å²) in [4.78, 5) is 25.4. The molecule has 1 atom stereocenters. The van der Waals surface area contributed by atoms with E-state index in [0.29, 0.717) is 11.8 Å². The van der Waals surface area contributed by atoms with E-state index in [1.807, 2.05) is 50.7 Å². The molecule has 0 saturated carbocycles. The minimum Gasteiger partial charge on any atom is -0.356 e. The number of fused-ring (bicyclic) bond motifs is 1. The van der Waals surface area contributed by atoms with Crippen molar-refractivity contribution in [2.45, 2.75) is 46.0 Å². The van der Waals surface area contributed by atoms with Gasteiger partial charge in [-0.05, 0) is 75.3 Å². The molecule has 2 aliphatic heterocycles. The molecule has 0 amide bonds. The van der Waals surface area contributed by atoms with Gasteiger partial charge in [0.15, 0.2) is 0 Å². The molecule has 2 aliphatic rings. The fourth-order valence-corrected chi connectivity index (χ4v) is 4.52. The summed E-state index contributed by atoms with van der Waals surface area (Å²) in [5.74, 6) is 4.49. The van der Waals surface area contributed by atoms with Gasteiger partial charge >= 0.3 is 0 Å². The van der Waals surface area contributed by atoms with Gasteiger partial charge < -0.3 is 20.0 Å². The minimum absolute atomic E-state index is 0.391. The number of nitrogens with one attached hydrogen (secondary N) is 1. The predicted octanol–water partition coefficient (Wildman–Crippen LogP) is 4.91. The zero-order valence-corrected chi connectivity index (χ0v) is 22.1. The van der Waals surface area contributed by atoms with E-state index in [1.165, 1.54) is 30.2 Å². The zero-order chi connectivity index (χ0) is 24.9. The van der Waals surface area contributed by atoms with Gasteiger partial charge in [-0.1, -0.05) is 20.8 Å². The third-order valence-corrected chi connectivity index (χ3v) is 6.40. The molecule has 8 nitrogen and oxygen atoms in total. The molecule has 0 radical (unpaired) electrons. The van der Waals surface area contributed by atoms with Crippen molar-refractivity contribution in [3.63, 3.8) is 0 Å². The summed E-state index contributed by atoms with van der Waals surface area (Å²) in [7, 11) is 6.00. The molecular formula is C27H40N8. The second-order valence-electron chi connectivity index (χ2n) is 10.5. The first kappa shape index (κ1) is 25.1. The Labute approximate surface area is 209 Å². The Morgan fingerprint density at radius 1 is 0.943 bits per heavy atom. The third kappa shape index (κ3) is 6.17. The molecule has 1 N–H and O–H groups in total. The minimum atomic E-state index is 0.391. The Kier molecular flexibility index (Phi) is 8.00. The maximum Gasteiger partial charge on any atom is 0.227 e. The zero-order valence-electron chi connectivity index (χ0n) is 22.1. The highest BCUT2D eigenvalue weighted by Gasteiger charge is 2.21. The lowest BCUT2D eigenvalue weighted by Gasteiger charge is -2.33. The van der Waals surface area contributed by atoms with Gasteiger partial charge in [-0.25, -0.2) is 15.0 Å². The molecule has 0 spiro atoms. The normalized spacial score (nSPS) is 17.9. The fourth-order valence-electron chi connectivity index (χ4n) is 4.52. The summed E-state index contributed by atoms with van der Waals surface area (Å²) < 4.78 is 0. The molecule has 0 aromatic carbocycles. The molecule has 8 heteroatoms. The van der Waals surface area contributed by atoms with Crippen LogP contribution in [0.15, 0.2) is 30.7 Å². The van der Waals surface area contributed by atoms with E-state index in [2.05, 4.69) is 46.9 Å². The molecule has 5 rings (SSSR count). The van der Waals surface area contributed by atoms with Crippen LogP contribution in [-0.4, -0.2) is 72.2 Å². The van der Waals surface area contributed by atoms with Crippen LogP contribution in [-0.2, 0) is 0 Å². The molecule has 35 heavy (non-hydrogen) atoms. The smallest absolute Gasteiger partial charge is 0.227 e. The van der Waals surface area contributed by atoms with E-state index in [0.717, 1.165) is 55.0 Å². The first-order chi connectivity index (χ1) is 16.8. The van der Waals surface area contributed by atoms with Crippen LogP contribution in [0.5, 0.6) is 0 Å². The quantitative estimate of drug-likeness (QED) is 0.557. The maximum atomic E-state index is 4.78. The highest BCUT2D eigenvalue weighted by molar-refractivity contribution is 5.96. The van der Waals surface area contributed by atoms with Crippen LogP contribution in [0, 0.1) is 5.92 Å². The van der Waals surface area contributed by atoms with Crippen LogP contribution in [0.2, 0.25) is 0 Å². The lowest BCUT2D eigenvalue weighted by Crippen LogP contribution is -2.37. The molecule has 3 aromatic rings. The molecule has 2 saturated heterocycles. The molecule has 3 aromatic heterocycles. The van der Waals surface area contributed by atoms with Gasteiger partial charge in [-0.3, -0.25) is 0 Å². The number of rotatable bonds is 5. The number of aromatic nitrogens is 4. The lowest BCUT2D eigenvalue weighted by atomic mass is 9.98. The van der Waals surface area contributed by atoms with E-state index in [1.54, 1.807) is 0 Å². The van der Waals surface area contributed by atoms with Crippen molar-refractivity contribution in [2.75, 3.05) is 62.4 Å². The van der Waals surface area contributed by atoms with Crippen molar-refractivity contribution in [3.05, 3.63) is 36.3 Å². The summed E-state index contributed by atoms with van der Waals surface area (Å²) >= 11 is 0. The molecule has 0 aliphatic carbocycles. The van der Waals surface area contributed by atoms with Gasteiger partial charge in [0, 0.05) is 50.2 Å². The highest BCUT2D eigenvalue weighted by Crippen LogP contribution is 2.34. The topological polar surface area (TPSA) is 73.3 Å². The van der Waals surface area contributed by atoms with E-state index in [9.17, 15) is 0 Å². The molecule has 5 heterocycles. The second kappa shape index (κ2) is 11.2. The van der Waals surface area contributed by atoms with E-state index in [4.69, 9.17) is 15.0 Å². The number of anilines is 4. The Morgan fingerprint density at radius 3 is 2.34 bits per heavy atom. The van der Waals surface area contributed by atoms with Crippen molar-refractivity contribution < 1.29 is 0 Å². The lowest BCUT2D eigenvalue weighted by molar-refractivity contribution is 0.442. The first-order valence-corrected chi connectivity index (χ1v) is 12.8. The highest BCUT2D eigenvalue weighted by atomic mass is 15.3. The summed E-state index contributed by atoms with van der Waals surface area (Å²) in [6.45, 7) is 10.9. The van der Waals surface area contributed by atoms with Gasteiger partial charge in [-0.2, -0.15) is 4.98 Å². The Hall–Kier alpha value is -3.00. The third-order valence-electron chi connectivity index (χ3n) is 6.40. The first-order valence-electron chi connectivity index (χ1n) is 12.8. The average molecular weight is 477 g/mol. The van der Waals surface area contributed by atoms with Crippen molar-refractivity contribution >= 4 is 34.2 Å². The fraction of sp³-hybridized carbons (Fsp3) is 0.556. The number of piperidine rings is 1. The van der Waals surface area contributed by atoms with Crippen molar-refractivity contribution in [1.82, 2.24) is 24.8 Å². The maximum absolute atomic E-state index is 4.78.